The van der Waals surface area contributed by atoms with Gasteiger partial charge in [-0.1, -0.05) is 24.3 Å². The van der Waals surface area contributed by atoms with Crippen molar-refractivity contribution in [2.75, 3.05) is 26.7 Å². The number of carbonyl (C=O) groups excluding carboxylic acids is 2. The van der Waals surface area contributed by atoms with Crippen molar-refractivity contribution in [2.24, 2.45) is 5.73 Å². The van der Waals surface area contributed by atoms with Gasteiger partial charge in [0.2, 0.25) is 5.91 Å². The second-order valence-corrected chi connectivity index (χ2v) is 7.38. The number of carbonyl (C=O) groups is 2. The number of aromatic nitrogens is 3. The van der Waals surface area contributed by atoms with Crippen molar-refractivity contribution in [1.82, 2.24) is 25.6 Å². The number of H-pyrrole nitrogens is 1. The summed E-state index contributed by atoms with van der Waals surface area (Å²) in [5.41, 5.74) is 7.32. The van der Waals surface area contributed by atoms with Crippen LogP contribution < -0.4 is 15.8 Å². The van der Waals surface area contributed by atoms with Gasteiger partial charge in [0.05, 0.1) is 12.7 Å². The number of aromatic amines is 1. The minimum atomic E-state index is -0.379. The molecule has 0 spiro atoms. The molecule has 1 aliphatic rings. The molecule has 1 unspecified atom stereocenters. The first-order valence-corrected chi connectivity index (χ1v) is 10.4. The summed E-state index contributed by atoms with van der Waals surface area (Å²) in [7, 11) is 1.54. The molecule has 2 amide bonds. The maximum absolute atomic E-state index is 12.5. The summed E-state index contributed by atoms with van der Waals surface area (Å²) in [5.74, 6) is -0.0360. The summed E-state index contributed by atoms with van der Waals surface area (Å²) >= 11 is 0. The van der Waals surface area contributed by atoms with Gasteiger partial charge in [0.1, 0.15) is 16.8 Å². The van der Waals surface area contributed by atoms with Gasteiger partial charge in [0, 0.05) is 30.8 Å². The molecule has 0 bridgehead atoms. The lowest BCUT2D eigenvalue weighted by molar-refractivity contribution is 0.0938. The lowest BCUT2D eigenvalue weighted by Gasteiger charge is -2.23. The number of hydrogen-bond acceptors (Lipinski definition) is 6. The van der Waals surface area contributed by atoms with Gasteiger partial charge in [-0.3, -0.25) is 14.5 Å². The highest BCUT2D eigenvalue weighted by atomic mass is 16.5. The molecule has 1 saturated heterocycles. The number of benzene rings is 2. The highest BCUT2D eigenvalue weighted by Crippen LogP contribution is 2.23. The van der Waals surface area contributed by atoms with Crippen LogP contribution in [-0.2, 0) is 0 Å². The van der Waals surface area contributed by atoms with Crippen LogP contribution in [0.2, 0.25) is 0 Å². The Balaban J connectivity index is 0.000000269. The van der Waals surface area contributed by atoms with Crippen LogP contribution in [-0.4, -0.2) is 64.9 Å². The Labute approximate surface area is 186 Å². The number of ether oxygens (including phenoxy) is 1. The molecule has 1 aliphatic heterocycles. The van der Waals surface area contributed by atoms with Crippen molar-refractivity contribution in [3.8, 4) is 5.75 Å². The van der Waals surface area contributed by atoms with Gasteiger partial charge in [0.25, 0.3) is 5.91 Å². The first-order chi connectivity index (χ1) is 15.5. The maximum atomic E-state index is 12.5. The maximum Gasteiger partial charge on any atom is 0.255 e. The number of methoxy groups -OCH3 is 1. The van der Waals surface area contributed by atoms with Gasteiger partial charge in [0.15, 0.2) is 0 Å². The van der Waals surface area contributed by atoms with Gasteiger partial charge in [-0.2, -0.15) is 15.4 Å². The normalized spacial score (nSPS) is 15.6. The molecular weight excluding hydrogens is 408 g/mol. The molecule has 4 rings (SSSR count). The summed E-state index contributed by atoms with van der Waals surface area (Å²) in [6, 6.07) is 12.5. The molecule has 32 heavy (non-hydrogen) atoms. The number of nitrogens with zero attached hydrogens (tertiary/aromatic N) is 3. The van der Waals surface area contributed by atoms with E-state index >= 15 is 0 Å². The van der Waals surface area contributed by atoms with Crippen molar-refractivity contribution in [3.05, 3.63) is 66.2 Å². The molecule has 2 heterocycles. The van der Waals surface area contributed by atoms with Crippen LogP contribution in [0.5, 0.6) is 5.75 Å². The summed E-state index contributed by atoms with van der Waals surface area (Å²) in [5, 5.41) is 13.6. The third kappa shape index (κ3) is 5.70. The van der Waals surface area contributed by atoms with E-state index in [1.807, 2.05) is 12.1 Å². The largest absolute Gasteiger partial charge is 0.496 e. The molecule has 4 N–H and O–H groups in total. The van der Waals surface area contributed by atoms with E-state index in [4.69, 9.17) is 10.5 Å². The summed E-state index contributed by atoms with van der Waals surface area (Å²) in [6.07, 6.45) is 4.15. The highest BCUT2D eigenvalue weighted by molar-refractivity contribution is 6.00. The predicted octanol–water partition coefficient (Wildman–Crippen LogP) is 2.13. The number of likely N-dealkylation sites (tertiary alicyclic amines) is 1. The second-order valence-electron chi connectivity index (χ2n) is 7.38. The molecule has 9 nitrogen and oxygen atoms in total. The van der Waals surface area contributed by atoms with E-state index in [9.17, 15) is 9.59 Å². The van der Waals surface area contributed by atoms with Gasteiger partial charge < -0.3 is 15.8 Å². The van der Waals surface area contributed by atoms with E-state index in [-0.39, 0.29) is 11.8 Å². The third-order valence-electron chi connectivity index (χ3n) is 5.30. The number of amides is 2. The van der Waals surface area contributed by atoms with Crippen LogP contribution in [0.1, 0.15) is 33.6 Å². The lowest BCUT2D eigenvalue weighted by atomic mass is 10.1. The Morgan fingerprint density at radius 2 is 2.00 bits per heavy atom. The van der Waals surface area contributed by atoms with Gasteiger partial charge in [-0.15, -0.1) is 6.58 Å². The molecule has 2 aromatic carbocycles. The van der Waals surface area contributed by atoms with Crippen LogP contribution in [0.4, 0.5) is 0 Å². The van der Waals surface area contributed by atoms with Crippen molar-refractivity contribution in [3.63, 3.8) is 0 Å². The van der Waals surface area contributed by atoms with E-state index < -0.39 is 0 Å². The monoisotopic (exact) mass is 436 g/mol. The van der Waals surface area contributed by atoms with E-state index in [1.54, 1.807) is 43.5 Å². The predicted molar refractivity (Wildman–Crippen MR) is 123 cm³/mol. The zero-order chi connectivity index (χ0) is 22.9. The first kappa shape index (κ1) is 23.0. The SMILES string of the molecule is C=CCN1CCCC1CNC(=O)c1cc2n[nH]nc2cc1OC.NC(=O)c1ccccc1. The second kappa shape index (κ2) is 11.1. The van der Waals surface area contributed by atoms with Crippen molar-refractivity contribution in [1.29, 1.82) is 0 Å². The zero-order valence-electron chi connectivity index (χ0n) is 18.1. The fourth-order valence-corrected chi connectivity index (χ4v) is 3.66. The van der Waals surface area contributed by atoms with Crippen LogP contribution in [0.25, 0.3) is 11.0 Å². The van der Waals surface area contributed by atoms with E-state index in [1.165, 1.54) is 0 Å². The molecule has 0 radical (unpaired) electrons. The smallest absolute Gasteiger partial charge is 0.255 e. The highest BCUT2D eigenvalue weighted by Gasteiger charge is 2.24. The minimum Gasteiger partial charge on any atom is -0.496 e. The molecule has 168 valence electrons. The van der Waals surface area contributed by atoms with E-state index in [0.29, 0.717) is 40.5 Å². The van der Waals surface area contributed by atoms with E-state index in [2.05, 4.69) is 32.2 Å². The number of fused-ring (bicyclic) bond motifs is 1. The molecule has 9 heteroatoms. The number of hydrogen-bond donors (Lipinski definition) is 3. The Bertz CT molecular complexity index is 1070. The Morgan fingerprint density at radius 3 is 2.62 bits per heavy atom. The first-order valence-electron chi connectivity index (χ1n) is 10.4. The van der Waals surface area contributed by atoms with Crippen molar-refractivity contribution in [2.45, 2.75) is 18.9 Å². The van der Waals surface area contributed by atoms with E-state index in [0.717, 1.165) is 25.9 Å². The minimum absolute atomic E-state index is 0.155. The number of primary amides is 1. The number of rotatable bonds is 7. The standard InChI is InChI=1S/C16H21N5O2.C7H7NO/c1-3-6-21-7-4-5-11(21)10-17-16(22)12-8-13-14(19-20-18-13)9-15(12)23-2;8-7(9)6-4-2-1-3-5-6/h3,8-9,11H,1,4-7,10H2,2H3,(H,17,22)(H,18,19,20);1-5H,(H2,8,9). The Hall–Kier alpha value is -3.72. The van der Waals surface area contributed by atoms with Crippen LogP contribution in [0, 0.1) is 0 Å². The van der Waals surface area contributed by atoms with Crippen molar-refractivity contribution >= 4 is 22.8 Å². The molecule has 1 aromatic heterocycles. The average Bonchev–Trinajstić information content (AvgIpc) is 3.46. The summed E-state index contributed by atoms with van der Waals surface area (Å²) < 4.78 is 5.31. The summed E-state index contributed by atoms with van der Waals surface area (Å²) in [4.78, 5) is 25.3. The molecule has 3 aromatic rings. The van der Waals surface area contributed by atoms with Crippen LogP contribution in [0.15, 0.2) is 55.1 Å². The van der Waals surface area contributed by atoms with Crippen LogP contribution >= 0.6 is 0 Å². The molecule has 0 aliphatic carbocycles. The number of nitrogens with one attached hydrogen (secondary N) is 2. The fraction of sp³-hybridized carbons (Fsp3) is 0.304. The lowest BCUT2D eigenvalue weighted by Crippen LogP contribution is -2.40. The van der Waals surface area contributed by atoms with Gasteiger partial charge in [-0.25, -0.2) is 0 Å². The number of nitrogens with two attached hydrogens (primary N) is 1. The topological polar surface area (TPSA) is 126 Å². The van der Waals surface area contributed by atoms with Gasteiger partial charge in [-0.05, 0) is 37.6 Å². The summed E-state index contributed by atoms with van der Waals surface area (Å²) in [6.45, 7) is 6.32. The fourth-order valence-electron chi connectivity index (χ4n) is 3.66. The molecule has 1 fully saturated rings. The quantitative estimate of drug-likeness (QED) is 0.487. The third-order valence-corrected chi connectivity index (χ3v) is 5.30. The van der Waals surface area contributed by atoms with Gasteiger partial charge >= 0.3 is 0 Å². The zero-order valence-corrected chi connectivity index (χ0v) is 18.1. The molecule has 0 saturated carbocycles. The average molecular weight is 437 g/mol. The van der Waals surface area contributed by atoms with Crippen LogP contribution in [0.3, 0.4) is 0 Å². The van der Waals surface area contributed by atoms with Crippen molar-refractivity contribution < 1.29 is 14.3 Å². The molecule has 1 atom stereocenters. The Kier molecular flexibility index (Phi) is 7.93. The Morgan fingerprint density at radius 1 is 1.28 bits per heavy atom. The molecular formula is C23H28N6O3.